The Bertz CT molecular complexity index is 378. The fourth-order valence-electron chi connectivity index (χ4n) is 1.15. The van der Waals surface area contributed by atoms with Crippen molar-refractivity contribution in [2.24, 2.45) is 0 Å². The minimum atomic E-state index is -2.77. The smallest absolute Gasteiger partial charge is 0.264 e. The lowest BCUT2D eigenvalue weighted by atomic mass is 10.1. The molecule has 0 aliphatic rings. The van der Waals surface area contributed by atoms with Gasteiger partial charge in [-0.25, -0.2) is 8.78 Å². The third-order valence-corrected chi connectivity index (χ3v) is 2.07. The predicted molar refractivity (Wildman–Crippen MR) is 47.5 cm³/mol. The van der Waals surface area contributed by atoms with Crippen LogP contribution >= 0.6 is 11.6 Å². The number of aliphatic hydroxyl groups is 1. The van der Waals surface area contributed by atoms with Gasteiger partial charge in [-0.05, 0) is 5.56 Å². The highest BCUT2D eigenvalue weighted by molar-refractivity contribution is 6.17. The molecule has 78 valence electrons. The van der Waals surface area contributed by atoms with Crippen LogP contribution < -0.4 is 5.56 Å². The van der Waals surface area contributed by atoms with E-state index in [1.165, 1.54) is 0 Å². The zero-order valence-electron chi connectivity index (χ0n) is 7.06. The molecule has 0 bridgehead atoms. The van der Waals surface area contributed by atoms with Crippen molar-refractivity contribution in [3.8, 4) is 0 Å². The first-order valence-corrected chi connectivity index (χ1v) is 4.33. The van der Waals surface area contributed by atoms with E-state index in [-0.39, 0.29) is 17.1 Å². The van der Waals surface area contributed by atoms with Crippen LogP contribution in [-0.4, -0.2) is 10.1 Å². The second-order valence-electron chi connectivity index (χ2n) is 2.64. The van der Waals surface area contributed by atoms with Crippen LogP contribution in [0.4, 0.5) is 8.78 Å². The maximum atomic E-state index is 12.4. The monoisotopic (exact) mass is 223 g/mol. The van der Waals surface area contributed by atoms with Gasteiger partial charge in [0.25, 0.3) is 6.43 Å². The molecule has 0 saturated carbocycles. The van der Waals surface area contributed by atoms with E-state index in [9.17, 15) is 13.6 Å². The van der Waals surface area contributed by atoms with E-state index in [1.54, 1.807) is 0 Å². The van der Waals surface area contributed by atoms with E-state index in [1.807, 2.05) is 0 Å². The van der Waals surface area contributed by atoms with Crippen molar-refractivity contribution in [3.05, 3.63) is 33.2 Å². The Hall–Kier alpha value is -0.940. The zero-order valence-corrected chi connectivity index (χ0v) is 7.81. The number of hydrogen-bond donors (Lipinski definition) is 2. The summed E-state index contributed by atoms with van der Waals surface area (Å²) in [6, 6.07) is 0.793. The first-order chi connectivity index (χ1) is 6.60. The summed E-state index contributed by atoms with van der Waals surface area (Å²) in [5, 5.41) is 8.81. The molecule has 14 heavy (non-hydrogen) atoms. The van der Waals surface area contributed by atoms with E-state index in [0.29, 0.717) is 0 Å². The first-order valence-electron chi connectivity index (χ1n) is 3.80. The summed E-state index contributed by atoms with van der Waals surface area (Å²) in [7, 11) is 0. The molecule has 0 atom stereocenters. The number of aromatic amines is 1. The van der Waals surface area contributed by atoms with Gasteiger partial charge in [0.1, 0.15) is 0 Å². The summed E-state index contributed by atoms with van der Waals surface area (Å²) in [5.74, 6) is -0.174. The number of rotatable bonds is 3. The molecule has 0 unspecified atom stereocenters. The molecule has 2 N–H and O–H groups in total. The van der Waals surface area contributed by atoms with E-state index in [4.69, 9.17) is 16.7 Å². The summed E-state index contributed by atoms with van der Waals surface area (Å²) in [5.41, 5.74) is -0.961. The summed E-state index contributed by atoms with van der Waals surface area (Å²) in [6.07, 6.45) is -2.77. The summed E-state index contributed by atoms with van der Waals surface area (Å²) in [4.78, 5) is 13.1. The average Bonchev–Trinajstić information content (AvgIpc) is 2.16. The molecule has 1 aromatic heterocycles. The molecule has 1 rings (SSSR count). The molecule has 0 amide bonds. The molecule has 0 spiro atoms. The lowest BCUT2D eigenvalue weighted by Gasteiger charge is -2.09. The van der Waals surface area contributed by atoms with Crippen molar-refractivity contribution in [2.45, 2.75) is 18.9 Å². The molecule has 0 aliphatic heterocycles. The molecular formula is C8H8ClF2NO2. The van der Waals surface area contributed by atoms with E-state index in [0.717, 1.165) is 6.07 Å². The van der Waals surface area contributed by atoms with E-state index in [2.05, 4.69) is 4.98 Å². The van der Waals surface area contributed by atoms with Crippen molar-refractivity contribution in [1.29, 1.82) is 0 Å². The van der Waals surface area contributed by atoms with Gasteiger partial charge >= 0.3 is 0 Å². The highest BCUT2D eigenvalue weighted by atomic mass is 35.5. The molecule has 1 aromatic rings. The van der Waals surface area contributed by atoms with Gasteiger partial charge in [-0.3, -0.25) is 4.79 Å². The Balaban J connectivity index is 3.39. The van der Waals surface area contributed by atoms with Crippen LogP contribution in [0.2, 0.25) is 0 Å². The van der Waals surface area contributed by atoms with E-state index < -0.39 is 24.2 Å². The SMILES string of the molecule is O=c1cc(C(F)F)c(CCl)c(CO)[nH]1. The third kappa shape index (κ3) is 2.10. The number of pyridine rings is 1. The maximum absolute atomic E-state index is 12.4. The van der Waals surface area contributed by atoms with Crippen molar-refractivity contribution >= 4 is 11.6 Å². The van der Waals surface area contributed by atoms with Gasteiger partial charge < -0.3 is 10.1 Å². The van der Waals surface area contributed by atoms with Crippen LogP contribution in [0.3, 0.4) is 0 Å². The predicted octanol–water partition coefficient (Wildman–Crippen LogP) is 1.54. The Morgan fingerprint density at radius 1 is 1.57 bits per heavy atom. The largest absolute Gasteiger partial charge is 0.390 e. The lowest BCUT2D eigenvalue weighted by Crippen LogP contribution is -2.14. The van der Waals surface area contributed by atoms with Crippen molar-refractivity contribution < 1.29 is 13.9 Å². The second-order valence-corrected chi connectivity index (χ2v) is 2.91. The van der Waals surface area contributed by atoms with Gasteiger partial charge in [-0.2, -0.15) is 0 Å². The molecule has 1 heterocycles. The molecule has 6 heteroatoms. The maximum Gasteiger partial charge on any atom is 0.264 e. The van der Waals surface area contributed by atoms with Gasteiger partial charge in [0, 0.05) is 23.2 Å². The number of alkyl halides is 3. The highest BCUT2D eigenvalue weighted by Gasteiger charge is 2.16. The van der Waals surface area contributed by atoms with Crippen molar-refractivity contribution in [2.75, 3.05) is 0 Å². The standard InChI is InChI=1S/C8H8ClF2NO2/c9-2-5-4(8(10)11)1-7(14)12-6(5)3-13/h1,8,13H,2-3H2,(H,12,14). The van der Waals surface area contributed by atoms with Crippen LogP contribution in [0.15, 0.2) is 10.9 Å². The fourth-order valence-corrected chi connectivity index (χ4v) is 1.47. The lowest BCUT2D eigenvalue weighted by molar-refractivity contribution is 0.149. The Morgan fingerprint density at radius 3 is 2.64 bits per heavy atom. The quantitative estimate of drug-likeness (QED) is 0.764. The van der Waals surface area contributed by atoms with E-state index >= 15 is 0 Å². The number of nitrogens with one attached hydrogen (secondary N) is 1. The second kappa shape index (κ2) is 4.52. The fraction of sp³-hybridized carbons (Fsp3) is 0.375. The molecule has 0 aromatic carbocycles. The Morgan fingerprint density at radius 2 is 2.21 bits per heavy atom. The Labute approximate surface area is 83.3 Å². The van der Waals surface area contributed by atoms with Crippen molar-refractivity contribution in [3.63, 3.8) is 0 Å². The summed E-state index contributed by atoms with van der Waals surface area (Å²) >= 11 is 5.45. The average molecular weight is 224 g/mol. The normalized spacial score (nSPS) is 10.9. The van der Waals surface area contributed by atoms with Crippen LogP contribution in [0.1, 0.15) is 23.2 Å². The van der Waals surface area contributed by atoms with Crippen molar-refractivity contribution in [1.82, 2.24) is 4.98 Å². The molecule has 0 radical (unpaired) electrons. The third-order valence-electron chi connectivity index (χ3n) is 1.80. The molecule has 0 aliphatic carbocycles. The molecule has 0 fully saturated rings. The highest BCUT2D eigenvalue weighted by Crippen LogP contribution is 2.24. The number of aliphatic hydroxyl groups excluding tert-OH is 1. The summed E-state index contributed by atoms with van der Waals surface area (Å²) in [6.45, 7) is -0.516. The molecular weight excluding hydrogens is 216 g/mol. The van der Waals surface area contributed by atoms with Gasteiger partial charge in [-0.15, -0.1) is 11.6 Å². The number of aromatic nitrogens is 1. The number of H-pyrrole nitrogens is 1. The number of halogens is 3. The number of hydrogen-bond acceptors (Lipinski definition) is 2. The van der Waals surface area contributed by atoms with Gasteiger partial charge in [0.15, 0.2) is 0 Å². The van der Waals surface area contributed by atoms with Gasteiger partial charge in [-0.1, -0.05) is 0 Å². The molecule has 0 saturated heterocycles. The van der Waals surface area contributed by atoms with Gasteiger partial charge in [0.2, 0.25) is 5.56 Å². The minimum absolute atomic E-state index is 0.0443. The topological polar surface area (TPSA) is 53.1 Å². The Kier molecular flexibility index (Phi) is 3.60. The van der Waals surface area contributed by atoms with Crippen LogP contribution in [0.25, 0.3) is 0 Å². The zero-order chi connectivity index (χ0) is 10.7. The van der Waals surface area contributed by atoms with Crippen LogP contribution in [0.5, 0.6) is 0 Å². The first kappa shape index (κ1) is 11.1. The van der Waals surface area contributed by atoms with Crippen LogP contribution in [0, 0.1) is 0 Å². The van der Waals surface area contributed by atoms with Crippen LogP contribution in [-0.2, 0) is 12.5 Å². The van der Waals surface area contributed by atoms with Gasteiger partial charge in [0.05, 0.1) is 6.61 Å². The minimum Gasteiger partial charge on any atom is -0.390 e. The summed E-state index contributed by atoms with van der Waals surface area (Å²) < 4.78 is 24.8. The molecule has 3 nitrogen and oxygen atoms in total.